The fourth-order valence-corrected chi connectivity index (χ4v) is 3.07. The molecule has 100 valence electrons. The molecule has 1 heterocycles. The van der Waals surface area contributed by atoms with Crippen molar-refractivity contribution >= 4 is 0 Å². The molecule has 1 aromatic carbocycles. The number of aromatic nitrogens is 2. The maximum absolute atomic E-state index is 11.1. The lowest BCUT2D eigenvalue weighted by Gasteiger charge is -2.28. The minimum atomic E-state index is -0.772. The predicted molar refractivity (Wildman–Crippen MR) is 74.8 cm³/mol. The summed E-state index contributed by atoms with van der Waals surface area (Å²) in [5.41, 5.74) is 1.61. The Morgan fingerprint density at radius 3 is 2.95 bits per heavy atom. The molecule has 0 radical (unpaired) electrons. The maximum atomic E-state index is 11.1. The van der Waals surface area contributed by atoms with Crippen LogP contribution in [0.1, 0.15) is 36.2 Å². The van der Waals surface area contributed by atoms with E-state index in [0.29, 0.717) is 6.42 Å². The number of fused-ring (bicyclic) bond motifs is 1. The van der Waals surface area contributed by atoms with Crippen LogP contribution in [-0.2, 0) is 25.5 Å². The second-order valence-corrected chi connectivity index (χ2v) is 5.53. The van der Waals surface area contributed by atoms with E-state index in [-0.39, 0.29) is 0 Å². The minimum absolute atomic E-state index is 0.591. The quantitative estimate of drug-likeness (QED) is 0.839. The first-order valence-corrected chi connectivity index (χ1v) is 6.96. The summed E-state index contributed by atoms with van der Waals surface area (Å²) in [7, 11) is 1.98. The molecule has 1 aromatic heterocycles. The van der Waals surface area contributed by atoms with Crippen LogP contribution in [-0.4, -0.2) is 14.7 Å². The van der Waals surface area contributed by atoms with Gasteiger partial charge in [0.1, 0.15) is 5.82 Å². The molecule has 19 heavy (non-hydrogen) atoms. The van der Waals surface area contributed by atoms with Crippen molar-refractivity contribution in [1.29, 1.82) is 0 Å². The van der Waals surface area contributed by atoms with Crippen molar-refractivity contribution < 1.29 is 5.11 Å². The van der Waals surface area contributed by atoms with Crippen molar-refractivity contribution in [2.75, 3.05) is 0 Å². The number of aliphatic hydroxyl groups is 1. The van der Waals surface area contributed by atoms with E-state index in [2.05, 4.69) is 23.2 Å². The fourth-order valence-electron chi connectivity index (χ4n) is 3.07. The maximum Gasteiger partial charge on any atom is 0.111 e. The van der Waals surface area contributed by atoms with Crippen molar-refractivity contribution in [2.45, 2.75) is 37.7 Å². The Balaban J connectivity index is 2.00. The van der Waals surface area contributed by atoms with Crippen molar-refractivity contribution in [1.82, 2.24) is 9.55 Å². The third-order valence-corrected chi connectivity index (χ3v) is 4.18. The van der Waals surface area contributed by atoms with Gasteiger partial charge in [0.05, 0.1) is 5.60 Å². The summed E-state index contributed by atoms with van der Waals surface area (Å²) in [4.78, 5) is 4.36. The summed E-state index contributed by atoms with van der Waals surface area (Å²) in [5, 5.41) is 11.1. The Morgan fingerprint density at radius 1 is 1.32 bits per heavy atom. The molecule has 0 bridgehead atoms. The Labute approximate surface area is 113 Å². The molecule has 1 atom stereocenters. The first-order valence-electron chi connectivity index (χ1n) is 6.96. The van der Waals surface area contributed by atoms with Gasteiger partial charge < -0.3 is 9.67 Å². The molecule has 1 aliphatic carbocycles. The van der Waals surface area contributed by atoms with Gasteiger partial charge in [-0.2, -0.15) is 0 Å². The normalized spacial score (nSPS) is 22.8. The van der Waals surface area contributed by atoms with Crippen molar-refractivity contribution in [3.05, 3.63) is 53.6 Å². The summed E-state index contributed by atoms with van der Waals surface area (Å²) >= 11 is 0. The van der Waals surface area contributed by atoms with Crippen LogP contribution in [0.25, 0.3) is 0 Å². The topological polar surface area (TPSA) is 38.0 Å². The number of imidazole rings is 1. The zero-order valence-corrected chi connectivity index (χ0v) is 11.3. The van der Waals surface area contributed by atoms with Gasteiger partial charge in [0.25, 0.3) is 0 Å². The Bertz CT molecular complexity index is 576. The van der Waals surface area contributed by atoms with Gasteiger partial charge in [0, 0.05) is 25.9 Å². The van der Waals surface area contributed by atoms with Crippen LogP contribution in [0, 0.1) is 0 Å². The number of hydrogen-bond donors (Lipinski definition) is 1. The van der Waals surface area contributed by atoms with E-state index >= 15 is 0 Å². The predicted octanol–water partition coefficient (Wildman–Crippen LogP) is 2.58. The highest BCUT2D eigenvalue weighted by molar-refractivity contribution is 5.34. The van der Waals surface area contributed by atoms with Gasteiger partial charge in [0.2, 0.25) is 0 Å². The lowest BCUT2D eigenvalue weighted by atomic mass is 9.85. The SMILES string of the molecule is Cn1ccnc1CC1(O)CCCCc2ccccc21. The lowest BCUT2D eigenvalue weighted by Crippen LogP contribution is -2.30. The van der Waals surface area contributed by atoms with E-state index in [9.17, 15) is 5.11 Å². The summed E-state index contributed by atoms with van der Waals surface area (Å²) < 4.78 is 1.99. The van der Waals surface area contributed by atoms with E-state index in [0.717, 1.165) is 37.1 Å². The smallest absolute Gasteiger partial charge is 0.111 e. The summed E-state index contributed by atoms with van der Waals surface area (Å²) in [5.74, 6) is 0.944. The van der Waals surface area contributed by atoms with Crippen LogP contribution in [0.15, 0.2) is 36.7 Å². The van der Waals surface area contributed by atoms with Gasteiger partial charge in [-0.05, 0) is 36.8 Å². The average molecular weight is 256 g/mol. The molecule has 0 spiro atoms. The van der Waals surface area contributed by atoms with Crippen LogP contribution in [0.2, 0.25) is 0 Å². The van der Waals surface area contributed by atoms with Gasteiger partial charge in [-0.15, -0.1) is 0 Å². The molecular weight excluding hydrogens is 236 g/mol. The molecular formula is C16H20N2O. The van der Waals surface area contributed by atoms with Gasteiger partial charge in [0.15, 0.2) is 0 Å². The summed E-state index contributed by atoms with van der Waals surface area (Å²) in [6, 6.07) is 8.30. The van der Waals surface area contributed by atoms with Crippen LogP contribution in [0.4, 0.5) is 0 Å². The lowest BCUT2D eigenvalue weighted by molar-refractivity contribution is 0.0246. The molecule has 1 aliphatic rings. The Morgan fingerprint density at radius 2 is 2.16 bits per heavy atom. The van der Waals surface area contributed by atoms with E-state index in [4.69, 9.17) is 0 Å². The molecule has 1 N–H and O–H groups in total. The average Bonchev–Trinajstić information content (AvgIpc) is 2.72. The van der Waals surface area contributed by atoms with Gasteiger partial charge in [-0.1, -0.05) is 24.3 Å². The standard InChI is InChI=1S/C16H20N2O/c1-18-11-10-17-15(18)12-16(19)9-5-4-7-13-6-2-3-8-14(13)16/h2-3,6,8,10-11,19H,4-5,7,9,12H2,1H3. The summed E-state index contributed by atoms with van der Waals surface area (Å²) in [6.45, 7) is 0. The van der Waals surface area contributed by atoms with E-state index in [1.165, 1.54) is 5.56 Å². The van der Waals surface area contributed by atoms with Crippen molar-refractivity contribution in [3.63, 3.8) is 0 Å². The molecule has 0 saturated carbocycles. The highest BCUT2D eigenvalue weighted by Crippen LogP contribution is 2.36. The van der Waals surface area contributed by atoms with Crippen molar-refractivity contribution in [3.8, 4) is 0 Å². The van der Waals surface area contributed by atoms with E-state index in [1.54, 1.807) is 6.20 Å². The zero-order valence-electron chi connectivity index (χ0n) is 11.3. The molecule has 0 amide bonds. The van der Waals surface area contributed by atoms with Crippen molar-refractivity contribution in [2.24, 2.45) is 7.05 Å². The zero-order chi connectivity index (χ0) is 13.3. The number of hydrogen-bond acceptors (Lipinski definition) is 2. The van der Waals surface area contributed by atoms with E-state index < -0.39 is 5.60 Å². The van der Waals surface area contributed by atoms with Crippen LogP contribution in [0.3, 0.4) is 0 Å². The van der Waals surface area contributed by atoms with Crippen LogP contribution >= 0.6 is 0 Å². The molecule has 1 unspecified atom stereocenters. The van der Waals surface area contributed by atoms with Gasteiger partial charge >= 0.3 is 0 Å². The third kappa shape index (κ3) is 2.30. The Hall–Kier alpha value is -1.61. The molecule has 3 rings (SSSR count). The van der Waals surface area contributed by atoms with Gasteiger partial charge in [-0.3, -0.25) is 0 Å². The highest BCUT2D eigenvalue weighted by atomic mass is 16.3. The second kappa shape index (κ2) is 4.82. The first kappa shape index (κ1) is 12.4. The number of aryl methyl sites for hydroxylation is 2. The molecule has 2 aromatic rings. The summed E-state index contributed by atoms with van der Waals surface area (Å²) in [6.07, 6.45) is 8.42. The molecule has 0 aliphatic heterocycles. The number of rotatable bonds is 2. The Kier molecular flexibility index (Phi) is 3.15. The van der Waals surface area contributed by atoms with Crippen LogP contribution in [0.5, 0.6) is 0 Å². The largest absolute Gasteiger partial charge is 0.385 e. The number of benzene rings is 1. The first-order chi connectivity index (χ1) is 9.19. The molecule has 3 nitrogen and oxygen atoms in total. The van der Waals surface area contributed by atoms with Crippen LogP contribution < -0.4 is 0 Å². The van der Waals surface area contributed by atoms with Gasteiger partial charge in [-0.25, -0.2) is 4.98 Å². The third-order valence-electron chi connectivity index (χ3n) is 4.18. The fraction of sp³-hybridized carbons (Fsp3) is 0.438. The monoisotopic (exact) mass is 256 g/mol. The number of nitrogens with zero attached hydrogens (tertiary/aromatic N) is 2. The highest BCUT2D eigenvalue weighted by Gasteiger charge is 2.34. The minimum Gasteiger partial charge on any atom is -0.385 e. The van der Waals surface area contributed by atoms with E-state index in [1.807, 2.05) is 23.9 Å². The molecule has 3 heteroatoms. The second-order valence-electron chi connectivity index (χ2n) is 5.53. The molecule has 0 fully saturated rings. The molecule has 0 saturated heterocycles.